The molecule has 8 heteroatoms. The summed E-state index contributed by atoms with van der Waals surface area (Å²) < 4.78 is 9.79. The van der Waals surface area contributed by atoms with Crippen LogP contribution < -0.4 is 15.4 Å². The molecule has 2 aromatic heterocycles. The predicted molar refractivity (Wildman–Crippen MR) is 83.0 cm³/mol. The van der Waals surface area contributed by atoms with E-state index in [4.69, 9.17) is 4.74 Å². The van der Waals surface area contributed by atoms with Crippen molar-refractivity contribution in [3.05, 3.63) is 41.7 Å². The molecule has 0 aliphatic carbocycles. The number of hydrogen-bond acceptors (Lipinski definition) is 7. The summed E-state index contributed by atoms with van der Waals surface area (Å²) in [6.45, 7) is 0. The summed E-state index contributed by atoms with van der Waals surface area (Å²) in [6.07, 6.45) is 2.80. The van der Waals surface area contributed by atoms with Crippen LogP contribution in [0.3, 0.4) is 0 Å². The number of nitrogens with one attached hydrogen (secondary N) is 2. The van der Waals surface area contributed by atoms with Crippen LogP contribution >= 0.6 is 0 Å². The number of methoxy groups -OCH3 is 2. The van der Waals surface area contributed by atoms with Gasteiger partial charge in [0.25, 0.3) is 5.91 Å². The van der Waals surface area contributed by atoms with Gasteiger partial charge in [-0.3, -0.25) is 4.79 Å². The lowest BCUT2D eigenvalue weighted by atomic mass is 10.2. The Bertz CT molecular complexity index is 716. The van der Waals surface area contributed by atoms with Gasteiger partial charge in [0.05, 0.1) is 25.3 Å². The SMILES string of the molecule is CNC(=O)c1cnc(Nc2ccc(C(=O)OC)cn2)cc1OC. The fourth-order valence-electron chi connectivity index (χ4n) is 1.82. The van der Waals surface area contributed by atoms with E-state index < -0.39 is 5.97 Å². The standard InChI is InChI=1S/C15H16N4O4/c1-16-14(20)10-8-18-13(6-11(10)22-2)19-12-5-4-9(7-17-12)15(21)23-3/h4-8H,1-3H3,(H,16,20)(H,17,18,19). The molecule has 8 nitrogen and oxygen atoms in total. The number of pyridine rings is 2. The molecular formula is C15H16N4O4. The highest BCUT2D eigenvalue weighted by Crippen LogP contribution is 2.22. The molecule has 0 aliphatic heterocycles. The van der Waals surface area contributed by atoms with Crippen molar-refractivity contribution in [1.82, 2.24) is 15.3 Å². The molecule has 0 saturated carbocycles. The lowest BCUT2D eigenvalue weighted by Crippen LogP contribution is -2.19. The van der Waals surface area contributed by atoms with Gasteiger partial charge in [0.2, 0.25) is 0 Å². The molecule has 0 aliphatic rings. The number of amides is 1. The first kappa shape index (κ1) is 16.2. The number of anilines is 2. The first-order valence-electron chi connectivity index (χ1n) is 6.66. The zero-order chi connectivity index (χ0) is 16.8. The zero-order valence-corrected chi connectivity index (χ0v) is 12.9. The molecule has 2 aromatic rings. The number of carbonyl (C=O) groups excluding carboxylic acids is 2. The Labute approximate surface area is 132 Å². The summed E-state index contributed by atoms with van der Waals surface area (Å²) in [6, 6.07) is 4.78. The number of esters is 1. The van der Waals surface area contributed by atoms with E-state index in [-0.39, 0.29) is 5.91 Å². The molecule has 0 unspecified atom stereocenters. The van der Waals surface area contributed by atoms with Crippen molar-refractivity contribution in [1.29, 1.82) is 0 Å². The molecule has 0 saturated heterocycles. The summed E-state index contributed by atoms with van der Waals surface area (Å²) in [4.78, 5) is 31.3. The molecule has 23 heavy (non-hydrogen) atoms. The first-order chi connectivity index (χ1) is 11.1. The van der Waals surface area contributed by atoms with Gasteiger partial charge in [0, 0.05) is 25.5 Å². The Morgan fingerprint density at radius 3 is 2.39 bits per heavy atom. The number of hydrogen-bond donors (Lipinski definition) is 2. The second-order valence-corrected chi connectivity index (χ2v) is 4.40. The smallest absolute Gasteiger partial charge is 0.339 e. The second-order valence-electron chi connectivity index (χ2n) is 4.40. The fraction of sp³-hybridized carbons (Fsp3) is 0.200. The average Bonchev–Trinajstić information content (AvgIpc) is 2.60. The number of aromatic nitrogens is 2. The molecule has 0 fully saturated rings. The van der Waals surface area contributed by atoms with Crippen LogP contribution in [0.2, 0.25) is 0 Å². The van der Waals surface area contributed by atoms with Gasteiger partial charge in [0.1, 0.15) is 17.4 Å². The van der Waals surface area contributed by atoms with Gasteiger partial charge in [-0.1, -0.05) is 0 Å². The van der Waals surface area contributed by atoms with Crippen LogP contribution in [0.5, 0.6) is 5.75 Å². The maximum Gasteiger partial charge on any atom is 0.339 e. The Morgan fingerprint density at radius 1 is 1.09 bits per heavy atom. The zero-order valence-electron chi connectivity index (χ0n) is 12.9. The summed E-state index contributed by atoms with van der Waals surface area (Å²) in [5, 5.41) is 5.47. The van der Waals surface area contributed by atoms with Gasteiger partial charge in [-0.2, -0.15) is 0 Å². The Morgan fingerprint density at radius 2 is 1.83 bits per heavy atom. The Hall–Kier alpha value is -3.16. The van der Waals surface area contributed by atoms with Gasteiger partial charge < -0.3 is 20.1 Å². The third kappa shape index (κ3) is 3.73. The van der Waals surface area contributed by atoms with Crippen LogP contribution in [0.25, 0.3) is 0 Å². The van der Waals surface area contributed by atoms with Crippen LogP contribution in [-0.4, -0.2) is 43.1 Å². The minimum absolute atomic E-state index is 0.290. The monoisotopic (exact) mass is 316 g/mol. The van der Waals surface area contributed by atoms with Crippen LogP contribution in [0.1, 0.15) is 20.7 Å². The van der Waals surface area contributed by atoms with Gasteiger partial charge in [-0.25, -0.2) is 14.8 Å². The van der Waals surface area contributed by atoms with Crippen molar-refractivity contribution in [2.75, 3.05) is 26.6 Å². The van der Waals surface area contributed by atoms with Crippen molar-refractivity contribution in [3.63, 3.8) is 0 Å². The Kier molecular flexibility index (Phi) is 5.08. The number of rotatable bonds is 5. The molecule has 0 atom stereocenters. The molecule has 2 rings (SSSR count). The summed E-state index contributed by atoms with van der Waals surface area (Å²) >= 11 is 0. The lowest BCUT2D eigenvalue weighted by molar-refractivity contribution is 0.0600. The van der Waals surface area contributed by atoms with Crippen molar-refractivity contribution in [3.8, 4) is 5.75 Å². The van der Waals surface area contributed by atoms with Crippen LogP contribution in [0, 0.1) is 0 Å². The van der Waals surface area contributed by atoms with Crippen LogP contribution in [0.15, 0.2) is 30.6 Å². The van der Waals surface area contributed by atoms with Crippen LogP contribution in [-0.2, 0) is 4.74 Å². The number of ether oxygens (including phenoxy) is 2. The van der Waals surface area contributed by atoms with E-state index in [2.05, 4.69) is 25.3 Å². The van der Waals surface area contributed by atoms with E-state index in [0.29, 0.717) is 28.5 Å². The molecule has 2 N–H and O–H groups in total. The Balaban J connectivity index is 2.20. The first-order valence-corrected chi connectivity index (χ1v) is 6.66. The van der Waals surface area contributed by atoms with E-state index >= 15 is 0 Å². The fourth-order valence-corrected chi connectivity index (χ4v) is 1.82. The normalized spacial score (nSPS) is 9.87. The molecule has 0 radical (unpaired) electrons. The van der Waals surface area contributed by atoms with Crippen molar-refractivity contribution in [2.24, 2.45) is 0 Å². The highest BCUT2D eigenvalue weighted by atomic mass is 16.5. The average molecular weight is 316 g/mol. The van der Waals surface area contributed by atoms with Crippen molar-refractivity contribution in [2.45, 2.75) is 0 Å². The van der Waals surface area contributed by atoms with E-state index in [0.717, 1.165) is 0 Å². The summed E-state index contributed by atoms with van der Waals surface area (Å²) in [7, 11) is 4.30. The maximum atomic E-state index is 11.7. The molecule has 2 heterocycles. The van der Waals surface area contributed by atoms with Gasteiger partial charge in [-0.05, 0) is 12.1 Å². The van der Waals surface area contributed by atoms with Crippen LogP contribution in [0.4, 0.5) is 11.6 Å². The molecule has 0 aromatic carbocycles. The van der Waals surface area contributed by atoms with Crippen molar-refractivity contribution < 1.29 is 19.1 Å². The molecule has 120 valence electrons. The molecule has 1 amide bonds. The quantitative estimate of drug-likeness (QED) is 0.803. The van der Waals surface area contributed by atoms with Gasteiger partial charge in [0.15, 0.2) is 0 Å². The highest BCUT2D eigenvalue weighted by Gasteiger charge is 2.13. The van der Waals surface area contributed by atoms with E-state index in [1.54, 1.807) is 18.2 Å². The number of carbonyl (C=O) groups is 2. The minimum atomic E-state index is -0.459. The van der Waals surface area contributed by atoms with E-state index in [1.807, 2.05) is 0 Å². The third-order valence-electron chi connectivity index (χ3n) is 3.00. The molecule has 0 bridgehead atoms. The summed E-state index contributed by atoms with van der Waals surface area (Å²) in [5.41, 5.74) is 0.674. The highest BCUT2D eigenvalue weighted by molar-refractivity contribution is 5.96. The number of nitrogens with zero attached hydrogens (tertiary/aromatic N) is 2. The predicted octanol–water partition coefficient (Wildman–Crippen LogP) is 1.37. The van der Waals surface area contributed by atoms with Crippen molar-refractivity contribution >= 4 is 23.5 Å². The van der Waals surface area contributed by atoms with Gasteiger partial charge >= 0.3 is 5.97 Å². The second kappa shape index (κ2) is 7.21. The summed E-state index contributed by atoms with van der Waals surface area (Å²) in [5.74, 6) is 0.570. The third-order valence-corrected chi connectivity index (χ3v) is 3.00. The largest absolute Gasteiger partial charge is 0.496 e. The van der Waals surface area contributed by atoms with E-state index in [9.17, 15) is 9.59 Å². The van der Waals surface area contributed by atoms with Gasteiger partial charge in [-0.15, -0.1) is 0 Å². The topological polar surface area (TPSA) is 102 Å². The maximum absolute atomic E-state index is 11.7. The molecule has 0 spiro atoms. The lowest BCUT2D eigenvalue weighted by Gasteiger charge is -2.10. The van der Waals surface area contributed by atoms with E-state index in [1.165, 1.54) is 33.7 Å². The molecular weight excluding hydrogens is 300 g/mol. The minimum Gasteiger partial charge on any atom is -0.496 e.